The molecule has 4 heteroatoms. The highest BCUT2D eigenvalue weighted by Crippen LogP contribution is 2.77. The van der Waals surface area contributed by atoms with Gasteiger partial charge in [0.15, 0.2) is 0 Å². The van der Waals surface area contributed by atoms with Crippen molar-refractivity contribution in [2.45, 2.75) is 132 Å². The minimum absolute atomic E-state index is 0.142. The normalized spacial score (nSPS) is 51.0. The van der Waals surface area contributed by atoms with E-state index >= 15 is 0 Å². The smallest absolute Gasteiger partial charge is 0.302 e. The highest BCUT2D eigenvalue weighted by atomic mass is 16.6. The summed E-state index contributed by atoms with van der Waals surface area (Å²) >= 11 is 0. The molecule has 5 saturated carbocycles. The summed E-state index contributed by atoms with van der Waals surface area (Å²) in [6, 6.07) is 0. The standard InChI is InChI=1S/C34H54O4/c1-20(2)23-13-15-31(7)17-18-32(8)24(29(23)31)11-12-26-33(32,9)16-14-25-30(5,6)27(37-21(3)35)19-28(34(25,26)10)38-22(4)36/h23-29H,1,11-19H2,2-10H3/t23?,24?,25?,26?,27?,28?,29?,31-,32-,33-,34+/m1/s1. The lowest BCUT2D eigenvalue weighted by atomic mass is 9.32. The summed E-state index contributed by atoms with van der Waals surface area (Å²) in [5.74, 6) is 2.48. The second-order valence-corrected chi connectivity index (χ2v) is 16.0. The van der Waals surface area contributed by atoms with Crippen LogP contribution in [-0.2, 0) is 19.1 Å². The van der Waals surface area contributed by atoms with Crippen molar-refractivity contribution in [3.8, 4) is 0 Å². The molecule has 0 spiro atoms. The largest absolute Gasteiger partial charge is 0.462 e. The second-order valence-electron chi connectivity index (χ2n) is 16.0. The van der Waals surface area contributed by atoms with Gasteiger partial charge in [0.25, 0.3) is 0 Å². The van der Waals surface area contributed by atoms with Crippen LogP contribution in [0, 0.1) is 56.7 Å². The fourth-order valence-corrected chi connectivity index (χ4v) is 12.2. The number of ether oxygens (including phenoxy) is 2. The summed E-state index contributed by atoms with van der Waals surface area (Å²) < 4.78 is 12.2. The molecular weight excluding hydrogens is 472 g/mol. The van der Waals surface area contributed by atoms with Crippen LogP contribution in [0.1, 0.15) is 120 Å². The Bertz CT molecular complexity index is 1010. The van der Waals surface area contributed by atoms with E-state index in [9.17, 15) is 9.59 Å². The fraction of sp³-hybridized carbons (Fsp3) is 0.882. The Kier molecular flexibility index (Phi) is 6.56. The average molecular weight is 527 g/mol. The molecule has 5 aliphatic rings. The van der Waals surface area contributed by atoms with Crippen LogP contribution in [0.3, 0.4) is 0 Å². The van der Waals surface area contributed by atoms with E-state index in [4.69, 9.17) is 9.47 Å². The first kappa shape index (κ1) is 28.2. The van der Waals surface area contributed by atoms with E-state index in [0.717, 1.165) is 18.3 Å². The van der Waals surface area contributed by atoms with Gasteiger partial charge in [-0.15, -0.1) is 0 Å². The van der Waals surface area contributed by atoms with Crippen LogP contribution in [0.2, 0.25) is 0 Å². The zero-order valence-corrected chi connectivity index (χ0v) is 25.7. The third-order valence-corrected chi connectivity index (χ3v) is 14.1. The number of carbonyl (C=O) groups is 2. The number of hydrogen-bond donors (Lipinski definition) is 0. The van der Waals surface area contributed by atoms with Crippen LogP contribution in [0.4, 0.5) is 0 Å². The maximum atomic E-state index is 12.5. The van der Waals surface area contributed by atoms with Crippen LogP contribution in [0.15, 0.2) is 12.2 Å². The van der Waals surface area contributed by atoms with E-state index < -0.39 is 0 Å². The van der Waals surface area contributed by atoms with Gasteiger partial charge >= 0.3 is 11.9 Å². The summed E-state index contributed by atoms with van der Waals surface area (Å²) in [4.78, 5) is 24.6. The third kappa shape index (κ3) is 3.66. The molecule has 0 aromatic heterocycles. The van der Waals surface area contributed by atoms with Crippen molar-refractivity contribution in [2.75, 3.05) is 0 Å². The third-order valence-electron chi connectivity index (χ3n) is 14.1. The van der Waals surface area contributed by atoms with Crippen molar-refractivity contribution in [2.24, 2.45) is 56.7 Å². The minimum Gasteiger partial charge on any atom is -0.462 e. The van der Waals surface area contributed by atoms with E-state index in [-0.39, 0.29) is 45.8 Å². The predicted molar refractivity (Wildman–Crippen MR) is 151 cm³/mol. The number of hydrogen-bond acceptors (Lipinski definition) is 4. The Hall–Kier alpha value is -1.32. The van der Waals surface area contributed by atoms with Crippen LogP contribution >= 0.6 is 0 Å². The maximum absolute atomic E-state index is 12.5. The van der Waals surface area contributed by atoms with Crippen LogP contribution < -0.4 is 0 Å². The molecule has 7 unspecified atom stereocenters. The van der Waals surface area contributed by atoms with Gasteiger partial charge in [-0.05, 0) is 104 Å². The van der Waals surface area contributed by atoms with Crippen molar-refractivity contribution in [3.63, 3.8) is 0 Å². The monoisotopic (exact) mass is 526 g/mol. The summed E-state index contributed by atoms with van der Waals surface area (Å²) in [6.07, 6.45) is 10.2. The Morgan fingerprint density at radius 2 is 1.34 bits per heavy atom. The first-order valence-electron chi connectivity index (χ1n) is 15.5. The Morgan fingerprint density at radius 3 is 1.95 bits per heavy atom. The molecule has 5 rings (SSSR count). The lowest BCUT2D eigenvalue weighted by Gasteiger charge is -2.73. The van der Waals surface area contributed by atoms with Gasteiger partial charge in [0, 0.05) is 31.1 Å². The van der Waals surface area contributed by atoms with Gasteiger partial charge in [-0.1, -0.05) is 53.7 Å². The molecule has 11 atom stereocenters. The first-order valence-corrected chi connectivity index (χ1v) is 15.5. The Balaban J connectivity index is 1.57. The molecule has 0 saturated heterocycles. The van der Waals surface area contributed by atoms with Crippen molar-refractivity contribution in [1.82, 2.24) is 0 Å². The van der Waals surface area contributed by atoms with Crippen molar-refractivity contribution < 1.29 is 19.1 Å². The zero-order chi connectivity index (χ0) is 28.1. The van der Waals surface area contributed by atoms with Gasteiger partial charge in [-0.3, -0.25) is 9.59 Å². The Labute approximate surface area is 232 Å². The number of carbonyl (C=O) groups excluding carboxylic acids is 2. The predicted octanol–water partition coefficient (Wildman–Crippen LogP) is 8.14. The molecule has 214 valence electrons. The molecule has 0 heterocycles. The van der Waals surface area contributed by atoms with Gasteiger partial charge < -0.3 is 9.47 Å². The van der Waals surface area contributed by atoms with Gasteiger partial charge in [-0.2, -0.15) is 0 Å². The molecule has 0 aromatic rings. The molecule has 0 amide bonds. The number of fused-ring (bicyclic) bond motifs is 7. The van der Waals surface area contributed by atoms with Crippen LogP contribution in [-0.4, -0.2) is 24.1 Å². The molecule has 38 heavy (non-hydrogen) atoms. The van der Waals surface area contributed by atoms with E-state index in [0.29, 0.717) is 29.6 Å². The van der Waals surface area contributed by atoms with Crippen molar-refractivity contribution in [1.29, 1.82) is 0 Å². The number of allylic oxidation sites excluding steroid dienone is 1. The SMILES string of the molecule is C=C(C)C1CC[C@]2(C)CC[C@]3(C)C(CCC4[C@@]5(C)C(OC(C)=O)CC(OC(C)=O)C(C)(C)C5CC[C@]43C)C12. The zero-order valence-electron chi connectivity index (χ0n) is 25.7. The Morgan fingerprint density at radius 1 is 0.711 bits per heavy atom. The van der Waals surface area contributed by atoms with E-state index in [1.165, 1.54) is 57.4 Å². The van der Waals surface area contributed by atoms with E-state index in [1.807, 2.05) is 0 Å². The molecule has 4 nitrogen and oxygen atoms in total. The molecule has 0 radical (unpaired) electrons. The second kappa shape index (κ2) is 8.84. The molecule has 5 fully saturated rings. The summed E-state index contributed by atoms with van der Waals surface area (Å²) in [5.41, 5.74) is 1.99. The van der Waals surface area contributed by atoms with Gasteiger partial charge in [-0.25, -0.2) is 0 Å². The highest BCUT2D eigenvalue weighted by molar-refractivity contribution is 5.67. The van der Waals surface area contributed by atoms with Crippen LogP contribution in [0.5, 0.6) is 0 Å². The van der Waals surface area contributed by atoms with Gasteiger partial charge in [0.2, 0.25) is 0 Å². The van der Waals surface area contributed by atoms with Crippen molar-refractivity contribution >= 4 is 11.9 Å². The molecule has 0 aliphatic heterocycles. The topological polar surface area (TPSA) is 52.6 Å². The van der Waals surface area contributed by atoms with Gasteiger partial charge in [0.1, 0.15) is 12.2 Å². The van der Waals surface area contributed by atoms with Crippen LogP contribution in [0.25, 0.3) is 0 Å². The van der Waals surface area contributed by atoms with Gasteiger partial charge in [0.05, 0.1) is 0 Å². The van der Waals surface area contributed by atoms with E-state index in [2.05, 4.69) is 55.0 Å². The molecule has 0 N–H and O–H groups in total. The summed E-state index contributed by atoms with van der Waals surface area (Å²) in [7, 11) is 0. The average Bonchev–Trinajstić information content (AvgIpc) is 3.15. The fourth-order valence-electron chi connectivity index (χ4n) is 12.2. The van der Waals surface area contributed by atoms with E-state index in [1.54, 1.807) is 6.92 Å². The summed E-state index contributed by atoms with van der Waals surface area (Å²) in [5, 5.41) is 0. The lowest BCUT2D eigenvalue weighted by Crippen LogP contribution is -2.70. The minimum atomic E-state index is -0.240. The quantitative estimate of drug-likeness (QED) is 0.275. The highest BCUT2D eigenvalue weighted by Gasteiger charge is 2.72. The first-order chi connectivity index (χ1) is 17.5. The molecule has 5 aliphatic carbocycles. The number of esters is 2. The maximum Gasteiger partial charge on any atom is 0.302 e. The molecular formula is C34H54O4. The summed E-state index contributed by atoms with van der Waals surface area (Å²) in [6.45, 7) is 24.7. The molecule has 0 aromatic carbocycles. The van der Waals surface area contributed by atoms with Crippen molar-refractivity contribution in [3.05, 3.63) is 12.2 Å². The number of rotatable bonds is 3. The lowest BCUT2D eigenvalue weighted by molar-refractivity contribution is -0.278. The molecule has 0 bridgehead atoms.